The number of anilines is 2. The van der Waals surface area contributed by atoms with E-state index < -0.39 is 15.9 Å². The van der Waals surface area contributed by atoms with Crippen molar-refractivity contribution in [2.75, 3.05) is 16.8 Å². The van der Waals surface area contributed by atoms with E-state index in [0.29, 0.717) is 18.7 Å². The summed E-state index contributed by atoms with van der Waals surface area (Å²) in [6.07, 6.45) is 0.830. The number of amides is 2. The van der Waals surface area contributed by atoms with Crippen LogP contribution in [0.5, 0.6) is 0 Å². The number of sulfonamides is 1. The minimum Gasteiger partial charge on any atom is -0.326 e. The third-order valence-corrected chi connectivity index (χ3v) is 7.15. The molecule has 1 fully saturated rings. The fourth-order valence-corrected chi connectivity index (χ4v) is 4.93. The molecule has 3 rings (SSSR count). The fourth-order valence-electron chi connectivity index (χ4n) is 3.60. The van der Waals surface area contributed by atoms with Gasteiger partial charge in [-0.05, 0) is 63.1 Å². The van der Waals surface area contributed by atoms with Gasteiger partial charge in [0.2, 0.25) is 21.8 Å². The summed E-state index contributed by atoms with van der Waals surface area (Å²) >= 11 is 0. The highest BCUT2D eigenvalue weighted by Crippen LogP contribution is 2.29. The molecule has 2 N–H and O–H groups in total. The predicted molar refractivity (Wildman–Crippen MR) is 122 cm³/mol. The van der Waals surface area contributed by atoms with Crippen molar-refractivity contribution in [3.8, 4) is 0 Å². The topological polar surface area (TPSA) is 95.6 Å². The lowest BCUT2D eigenvalue weighted by atomic mass is 10.1. The Labute approximate surface area is 183 Å². The molecule has 1 aliphatic heterocycles. The first-order valence-electron chi connectivity index (χ1n) is 10.4. The Morgan fingerprint density at radius 3 is 2.45 bits per heavy atom. The minimum absolute atomic E-state index is 0.0790. The number of carbonyl (C=O) groups excluding carboxylic acids is 2. The molecule has 31 heavy (non-hydrogen) atoms. The minimum atomic E-state index is -3.60. The zero-order valence-corrected chi connectivity index (χ0v) is 19.1. The molecule has 0 spiro atoms. The van der Waals surface area contributed by atoms with Crippen molar-refractivity contribution in [2.24, 2.45) is 5.92 Å². The molecule has 7 nitrogen and oxygen atoms in total. The number of aryl methyl sites for hydroxylation is 2. The molecule has 1 aliphatic rings. The lowest BCUT2D eigenvalue weighted by molar-refractivity contribution is -0.122. The van der Waals surface area contributed by atoms with Gasteiger partial charge in [0, 0.05) is 30.4 Å². The summed E-state index contributed by atoms with van der Waals surface area (Å²) in [5.74, 6) is -0.803. The third kappa shape index (κ3) is 5.32. The first-order valence-corrected chi connectivity index (χ1v) is 11.9. The van der Waals surface area contributed by atoms with Crippen LogP contribution in [0.3, 0.4) is 0 Å². The van der Waals surface area contributed by atoms with E-state index in [2.05, 4.69) is 10.0 Å². The molecule has 0 radical (unpaired) electrons. The second-order valence-corrected chi connectivity index (χ2v) is 9.85. The molecular formula is C23H29N3O4S. The van der Waals surface area contributed by atoms with Crippen LogP contribution in [-0.4, -0.2) is 32.8 Å². The van der Waals surface area contributed by atoms with Crippen molar-refractivity contribution in [1.29, 1.82) is 0 Å². The van der Waals surface area contributed by atoms with Crippen molar-refractivity contribution >= 4 is 33.2 Å². The Hall–Kier alpha value is -2.71. The standard InChI is InChI=1S/C23H29N3O4S/c1-5-17(4)25-31(29,30)20-9-7-19(8-10-20)24-23(28)18-13-22(27)26(14-18)21-11-6-15(2)12-16(21)3/h6-12,17-18,25H,5,13-14H2,1-4H3,(H,24,28). The van der Waals surface area contributed by atoms with Gasteiger partial charge < -0.3 is 10.2 Å². The van der Waals surface area contributed by atoms with Crippen molar-refractivity contribution < 1.29 is 18.0 Å². The Morgan fingerprint density at radius 2 is 1.84 bits per heavy atom. The molecule has 1 saturated heterocycles. The molecule has 0 saturated carbocycles. The maximum atomic E-state index is 12.7. The summed E-state index contributed by atoms with van der Waals surface area (Å²) in [6.45, 7) is 7.97. The number of hydrogen-bond donors (Lipinski definition) is 2. The van der Waals surface area contributed by atoms with Gasteiger partial charge in [-0.1, -0.05) is 24.6 Å². The van der Waals surface area contributed by atoms with Crippen LogP contribution in [0.2, 0.25) is 0 Å². The molecular weight excluding hydrogens is 414 g/mol. The first kappa shape index (κ1) is 23.0. The molecule has 2 aromatic carbocycles. The van der Waals surface area contributed by atoms with Gasteiger partial charge in [-0.2, -0.15) is 0 Å². The average molecular weight is 444 g/mol. The second-order valence-electron chi connectivity index (χ2n) is 8.14. The zero-order valence-electron chi connectivity index (χ0n) is 18.3. The average Bonchev–Trinajstić information content (AvgIpc) is 3.09. The van der Waals surface area contributed by atoms with Crippen LogP contribution in [0.4, 0.5) is 11.4 Å². The Morgan fingerprint density at radius 1 is 1.16 bits per heavy atom. The highest BCUT2D eigenvalue weighted by atomic mass is 32.2. The van der Waals surface area contributed by atoms with Crippen LogP contribution in [0.15, 0.2) is 47.4 Å². The molecule has 0 aliphatic carbocycles. The summed E-state index contributed by atoms with van der Waals surface area (Å²) in [6, 6.07) is 11.8. The number of carbonyl (C=O) groups is 2. The quantitative estimate of drug-likeness (QED) is 0.686. The SMILES string of the molecule is CCC(C)NS(=O)(=O)c1ccc(NC(=O)C2CC(=O)N(c3ccc(C)cc3C)C2)cc1. The van der Waals surface area contributed by atoms with E-state index in [4.69, 9.17) is 0 Å². The van der Waals surface area contributed by atoms with E-state index >= 15 is 0 Å². The Bertz CT molecular complexity index is 1080. The number of benzene rings is 2. The maximum Gasteiger partial charge on any atom is 0.240 e. The molecule has 1 heterocycles. The van der Waals surface area contributed by atoms with Gasteiger partial charge in [0.05, 0.1) is 10.8 Å². The number of nitrogens with zero attached hydrogens (tertiary/aromatic N) is 1. The van der Waals surface area contributed by atoms with E-state index in [1.54, 1.807) is 24.0 Å². The normalized spacial score (nSPS) is 17.6. The van der Waals surface area contributed by atoms with Crippen LogP contribution >= 0.6 is 0 Å². The van der Waals surface area contributed by atoms with Crippen LogP contribution in [0.25, 0.3) is 0 Å². The molecule has 166 valence electrons. The molecule has 0 aromatic heterocycles. The highest BCUT2D eigenvalue weighted by molar-refractivity contribution is 7.89. The van der Waals surface area contributed by atoms with E-state index in [1.165, 1.54) is 12.1 Å². The van der Waals surface area contributed by atoms with Crippen molar-refractivity contribution in [3.05, 3.63) is 53.6 Å². The zero-order chi connectivity index (χ0) is 22.8. The Kier molecular flexibility index (Phi) is 6.81. The molecule has 0 bridgehead atoms. The second kappa shape index (κ2) is 9.20. The number of nitrogens with one attached hydrogen (secondary N) is 2. The van der Waals surface area contributed by atoms with Crippen LogP contribution in [0, 0.1) is 19.8 Å². The van der Waals surface area contributed by atoms with Gasteiger partial charge in [0.1, 0.15) is 0 Å². The van der Waals surface area contributed by atoms with E-state index in [0.717, 1.165) is 16.8 Å². The van der Waals surface area contributed by atoms with Gasteiger partial charge in [0.15, 0.2) is 0 Å². The Balaban J connectivity index is 1.66. The molecule has 2 unspecified atom stereocenters. The monoisotopic (exact) mass is 443 g/mol. The summed E-state index contributed by atoms with van der Waals surface area (Å²) in [5.41, 5.74) is 3.43. The summed E-state index contributed by atoms with van der Waals surface area (Å²) in [7, 11) is -3.60. The van der Waals surface area contributed by atoms with Gasteiger partial charge in [-0.15, -0.1) is 0 Å². The third-order valence-electron chi connectivity index (χ3n) is 5.54. The van der Waals surface area contributed by atoms with E-state index in [9.17, 15) is 18.0 Å². The van der Waals surface area contributed by atoms with Crippen LogP contribution in [0.1, 0.15) is 37.8 Å². The predicted octanol–water partition coefficient (Wildman–Crippen LogP) is 3.37. The molecule has 2 atom stereocenters. The lowest BCUT2D eigenvalue weighted by Crippen LogP contribution is -2.32. The summed E-state index contributed by atoms with van der Waals surface area (Å²) < 4.78 is 27.3. The molecule has 2 aromatic rings. The largest absolute Gasteiger partial charge is 0.326 e. The smallest absolute Gasteiger partial charge is 0.240 e. The molecule has 8 heteroatoms. The van der Waals surface area contributed by atoms with Gasteiger partial charge in [0.25, 0.3) is 0 Å². The maximum absolute atomic E-state index is 12.7. The van der Waals surface area contributed by atoms with Crippen molar-refractivity contribution in [3.63, 3.8) is 0 Å². The van der Waals surface area contributed by atoms with E-state index in [1.807, 2.05) is 39.0 Å². The lowest BCUT2D eigenvalue weighted by Gasteiger charge is -2.19. The van der Waals surface area contributed by atoms with Crippen LogP contribution < -0.4 is 14.9 Å². The first-order chi connectivity index (χ1) is 14.6. The van der Waals surface area contributed by atoms with Crippen molar-refractivity contribution in [1.82, 2.24) is 4.72 Å². The number of hydrogen-bond acceptors (Lipinski definition) is 4. The van der Waals surface area contributed by atoms with Gasteiger partial charge >= 0.3 is 0 Å². The fraction of sp³-hybridized carbons (Fsp3) is 0.391. The summed E-state index contributed by atoms with van der Waals surface area (Å²) in [5, 5.41) is 2.80. The molecule has 2 amide bonds. The number of rotatable bonds is 7. The van der Waals surface area contributed by atoms with Gasteiger partial charge in [-0.3, -0.25) is 9.59 Å². The summed E-state index contributed by atoms with van der Waals surface area (Å²) in [4.78, 5) is 27.0. The van der Waals surface area contributed by atoms with Crippen molar-refractivity contribution in [2.45, 2.75) is 51.5 Å². The van der Waals surface area contributed by atoms with E-state index in [-0.39, 0.29) is 29.2 Å². The van der Waals surface area contributed by atoms with Crippen LogP contribution in [-0.2, 0) is 19.6 Å². The van der Waals surface area contributed by atoms with Gasteiger partial charge in [-0.25, -0.2) is 13.1 Å². The highest BCUT2D eigenvalue weighted by Gasteiger charge is 2.35.